The van der Waals surface area contributed by atoms with Crippen molar-refractivity contribution in [3.8, 4) is 0 Å². The van der Waals surface area contributed by atoms with Crippen LogP contribution in [0.5, 0.6) is 0 Å². The number of rotatable bonds is 3. The second-order valence-electron chi connectivity index (χ2n) is 3.17. The number of aryl methyl sites for hydroxylation is 2. The van der Waals surface area contributed by atoms with Crippen LogP contribution in [0.25, 0.3) is 0 Å². The van der Waals surface area contributed by atoms with Crippen molar-refractivity contribution in [2.75, 3.05) is 13.7 Å². The van der Waals surface area contributed by atoms with E-state index >= 15 is 0 Å². The zero-order valence-corrected chi connectivity index (χ0v) is 8.26. The maximum Gasteiger partial charge on any atom is 0.188 e. The average molecular weight is 178 g/mol. The Balaban J connectivity index is 2.99. The third-order valence-electron chi connectivity index (χ3n) is 1.97. The van der Waals surface area contributed by atoms with Crippen molar-refractivity contribution in [2.24, 2.45) is 0 Å². The quantitative estimate of drug-likeness (QED) is 0.663. The molecule has 1 aromatic rings. The molecule has 0 bridgehead atoms. The third kappa shape index (κ3) is 2.39. The zero-order chi connectivity index (χ0) is 9.84. The summed E-state index contributed by atoms with van der Waals surface area (Å²) in [5.41, 5.74) is 2.87. The number of hydrogen-bond acceptors (Lipinski definition) is 2. The van der Waals surface area contributed by atoms with Crippen molar-refractivity contribution in [3.63, 3.8) is 0 Å². The van der Waals surface area contributed by atoms with Gasteiger partial charge in [0, 0.05) is 12.7 Å². The molecule has 0 aliphatic carbocycles. The lowest BCUT2D eigenvalue weighted by Crippen LogP contribution is -2.08. The van der Waals surface area contributed by atoms with Crippen LogP contribution >= 0.6 is 0 Å². The molecule has 0 fully saturated rings. The molecule has 70 valence electrons. The molecule has 0 aliphatic rings. The first-order valence-electron chi connectivity index (χ1n) is 4.24. The summed E-state index contributed by atoms with van der Waals surface area (Å²) in [6.45, 7) is 4.07. The lowest BCUT2D eigenvalue weighted by atomic mass is 10.0. The molecule has 0 saturated heterocycles. The molecule has 2 nitrogen and oxygen atoms in total. The predicted octanol–water partition coefficient (Wildman–Crippen LogP) is 2.13. The lowest BCUT2D eigenvalue weighted by Gasteiger charge is -2.04. The smallest absolute Gasteiger partial charge is 0.188 e. The Morgan fingerprint density at radius 2 is 2.08 bits per heavy atom. The number of methoxy groups -OCH3 is 1. The number of ether oxygens (including phenoxy) is 1. The van der Waals surface area contributed by atoms with Gasteiger partial charge in [0.2, 0.25) is 0 Å². The van der Waals surface area contributed by atoms with Gasteiger partial charge in [0.05, 0.1) is 0 Å². The number of hydrogen-bond donors (Lipinski definition) is 0. The monoisotopic (exact) mass is 178 g/mol. The second-order valence-corrected chi connectivity index (χ2v) is 3.17. The van der Waals surface area contributed by atoms with E-state index in [0.29, 0.717) is 0 Å². The third-order valence-corrected chi connectivity index (χ3v) is 1.97. The Hall–Kier alpha value is -1.15. The van der Waals surface area contributed by atoms with Crippen molar-refractivity contribution < 1.29 is 9.53 Å². The number of carbonyl (C=O) groups excluding carboxylic acids is 1. The molecule has 2 heteroatoms. The molecule has 0 atom stereocenters. The van der Waals surface area contributed by atoms with Gasteiger partial charge in [-0.3, -0.25) is 4.79 Å². The van der Waals surface area contributed by atoms with Gasteiger partial charge < -0.3 is 4.74 Å². The molecule has 0 aliphatic heterocycles. The number of benzene rings is 1. The van der Waals surface area contributed by atoms with Crippen LogP contribution in [0.15, 0.2) is 18.2 Å². The van der Waals surface area contributed by atoms with Crippen molar-refractivity contribution >= 4 is 5.78 Å². The highest BCUT2D eigenvalue weighted by Crippen LogP contribution is 2.11. The van der Waals surface area contributed by atoms with Gasteiger partial charge in [-0.15, -0.1) is 0 Å². The van der Waals surface area contributed by atoms with Crippen LogP contribution in [0.2, 0.25) is 0 Å². The van der Waals surface area contributed by atoms with Gasteiger partial charge in [-0.1, -0.05) is 17.7 Å². The minimum atomic E-state index is 0.0451. The van der Waals surface area contributed by atoms with Crippen molar-refractivity contribution in [1.82, 2.24) is 0 Å². The summed E-state index contributed by atoms with van der Waals surface area (Å²) < 4.78 is 4.80. The van der Waals surface area contributed by atoms with Gasteiger partial charge in [0.25, 0.3) is 0 Å². The predicted molar refractivity (Wildman–Crippen MR) is 52.1 cm³/mol. The fourth-order valence-corrected chi connectivity index (χ4v) is 1.25. The van der Waals surface area contributed by atoms with Crippen LogP contribution < -0.4 is 0 Å². The van der Waals surface area contributed by atoms with Gasteiger partial charge in [0.15, 0.2) is 5.78 Å². The lowest BCUT2D eigenvalue weighted by molar-refractivity contribution is 0.0847. The number of carbonyl (C=O) groups is 1. The molecular weight excluding hydrogens is 164 g/mol. The first-order chi connectivity index (χ1) is 6.15. The number of ketones is 1. The van der Waals surface area contributed by atoms with E-state index in [9.17, 15) is 4.79 Å². The molecule has 0 unspecified atom stereocenters. The highest BCUT2D eigenvalue weighted by atomic mass is 16.5. The minimum Gasteiger partial charge on any atom is -0.377 e. The van der Waals surface area contributed by atoms with Gasteiger partial charge in [-0.2, -0.15) is 0 Å². The first-order valence-corrected chi connectivity index (χ1v) is 4.24. The van der Waals surface area contributed by atoms with Gasteiger partial charge >= 0.3 is 0 Å². The number of Topliss-reactive ketones (excluding diaryl/α,β-unsaturated/α-hetero) is 1. The minimum absolute atomic E-state index is 0.0451. The molecule has 0 spiro atoms. The Morgan fingerprint density at radius 3 is 2.69 bits per heavy atom. The normalized spacial score (nSPS) is 10.1. The van der Waals surface area contributed by atoms with Gasteiger partial charge in [0.1, 0.15) is 6.61 Å². The summed E-state index contributed by atoms with van der Waals surface area (Å²) in [4.78, 5) is 11.5. The molecule has 0 saturated carbocycles. The summed E-state index contributed by atoms with van der Waals surface area (Å²) in [5, 5.41) is 0. The van der Waals surface area contributed by atoms with E-state index in [2.05, 4.69) is 0 Å². The Kier molecular flexibility index (Phi) is 3.20. The Morgan fingerprint density at radius 1 is 1.38 bits per heavy atom. The SMILES string of the molecule is COCC(=O)c1cc(C)ccc1C. The Labute approximate surface area is 78.5 Å². The van der Waals surface area contributed by atoms with E-state index in [-0.39, 0.29) is 12.4 Å². The molecule has 0 radical (unpaired) electrons. The highest BCUT2D eigenvalue weighted by Gasteiger charge is 2.07. The van der Waals surface area contributed by atoms with E-state index in [4.69, 9.17) is 4.74 Å². The van der Waals surface area contributed by atoms with Crippen LogP contribution in [0, 0.1) is 13.8 Å². The maximum absolute atomic E-state index is 11.5. The van der Waals surface area contributed by atoms with Crippen LogP contribution in [-0.2, 0) is 4.74 Å². The highest BCUT2D eigenvalue weighted by molar-refractivity contribution is 5.98. The van der Waals surface area contributed by atoms with E-state index in [0.717, 1.165) is 16.7 Å². The van der Waals surface area contributed by atoms with Crippen LogP contribution in [-0.4, -0.2) is 19.5 Å². The molecule has 0 aromatic heterocycles. The van der Waals surface area contributed by atoms with Crippen molar-refractivity contribution in [2.45, 2.75) is 13.8 Å². The van der Waals surface area contributed by atoms with E-state index in [1.165, 1.54) is 7.11 Å². The zero-order valence-electron chi connectivity index (χ0n) is 8.26. The summed E-state index contributed by atoms with van der Waals surface area (Å²) in [5.74, 6) is 0.0451. The summed E-state index contributed by atoms with van der Waals surface area (Å²) in [7, 11) is 1.53. The molecular formula is C11H14O2. The molecule has 13 heavy (non-hydrogen) atoms. The summed E-state index contributed by atoms with van der Waals surface area (Å²) in [6, 6.07) is 5.85. The van der Waals surface area contributed by atoms with Gasteiger partial charge in [-0.25, -0.2) is 0 Å². The van der Waals surface area contributed by atoms with Gasteiger partial charge in [-0.05, 0) is 25.5 Å². The van der Waals surface area contributed by atoms with E-state index in [1.54, 1.807) is 0 Å². The summed E-state index contributed by atoms with van der Waals surface area (Å²) in [6.07, 6.45) is 0. The largest absolute Gasteiger partial charge is 0.377 e. The second kappa shape index (κ2) is 4.19. The fourth-order valence-electron chi connectivity index (χ4n) is 1.25. The molecule has 0 heterocycles. The maximum atomic E-state index is 11.5. The molecule has 1 aromatic carbocycles. The first kappa shape index (κ1) is 9.93. The molecule has 0 N–H and O–H groups in total. The van der Waals surface area contributed by atoms with Crippen LogP contribution in [0.3, 0.4) is 0 Å². The van der Waals surface area contributed by atoms with E-state index in [1.807, 2.05) is 32.0 Å². The van der Waals surface area contributed by atoms with E-state index < -0.39 is 0 Å². The fraction of sp³-hybridized carbons (Fsp3) is 0.364. The summed E-state index contributed by atoms with van der Waals surface area (Å²) >= 11 is 0. The van der Waals surface area contributed by atoms with Crippen molar-refractivity contribution in [3.05, 3.63) is 34.9 Å². The standard InChI is InChI=1S/C11H14O2/c1-8-4-5-9(2)10(6-8)11(12)7-13-3/h4-6H,7H2,1-3H3. The molecule has 1 rings (SSSR count). The average Bonchev–Trinajstić information content (AvgIpc) is 2.09. The molecule has 0 amide bonds. The van der Waals surface area contributed by atoms with Crippen LogP contribution in [0.4, 0.5) is 0 Å². The van der Waals surface area contributed by atoms with Crippen LogP contribution in [0.1, 0.15) is 21.5 Å². The van der Waals surface area contributed by atoms with Crippen molar-refractivity contribution in [1.29, 1.82) is 0 Å². The Bertz CT molecular complexity index is 316. The topological polar surface area (TPSA) is 26.3 Å².